The van der Waals surface area contributed by atoms with Crippen molar-refractivity contribution < 1.29 is 0 Å². The zero-order valence-electron chi connectivity index (χ0n) is 9.77. The van der Waals surface area contributed by atoms with Crippen LogP contribution in [0.1, 0.15) is 23.2 Å². The Morgan fingerprint density at radius 2 is 2.33 bits per heavy atom. The van der Waals surface area contributed by atoms with Crippen molar-refractivity contribution in [2.75, 3.05) is 0 Å². The maximum absolute atomic E-state index is 4.74. The van der Waals surface area contributed by atoms with E-state index >= 15 is 0 Å². The summed E-state index contributed by atoms with van der Waals surface area (Å²) in [6.07, 6.45) is 1.89. The highest BCUT2D eigenvalue weighted by atomic mass is 79.9. The van der Waals surface area contributed by atoms with Crippen LogP contribution in [0.15, 0.2) is 22.7 Å². The number of rotatable bonds is 1. The highest BCUT2D eigenvalue weighted by Gasteiger charge is 2.27. The van der Waals surface area contributed by atoms with Crippen molar-refractivity contribution in [3.63, 3.8) is 0 Å². The summed E-state index contributed by atoms with van der Waals surface area (Å²) >= 11 is 5.31. The lowest BCUT2D eigenvalue weighted by atomic mass is 10.1. The highest BCUT2D eigenvalue weighted by Crippen LogP contribution is 2.40. The molecule has 5 heteroatoms. The normalized spacial score (nSPS) is 13.0. The van der Waals surface area contributed by atoms with Gasteiger partial charge in [0.15, 0.2) is 0 Å². The van der Waals surface area contributed by atoms with E-state index in [1.54, 1.807) is 11.3 Å². The topological polar surface area (TPSA) is 30.2 Å². The second-order valence-electron chi connectivity index (χ2n) is 4.39. The van der Waals surface area contributed by atoms with Gasteiger partial charge in [-0.25, -0.2) is 9.50 Å². The third-order valence-corrected chi connectivity index (χ3v) is 5.15. The van der Waals surface area contributed by atoms with Crippen molar-refractivity contribution in [3.05, 3.63) is 38.9 Å². The number of imidazole rings is 1. The van der Waals surface area contributed by atoms with E-state index < -0.39 is 0 Å². The van der Waals surface area contributed by atoms with Crippen LogP contribution >= 0.6 is 27.3 Å². The van der Waals surface area contributed by atoms with Crippen molar-refractivity contribution in [1.29, 1.82) is 0 Å². The minimum Gasteiger partial charge on any atom is -0.217 e. The lowest BCUT2D eigenvalue weighted by Crippen LogP contribution is -1.93. The Balaban J connectivity index is 2.00. The van der Waals surface area contributed by atoms with Gasteiger partial charge in [-0.05, 0) is 18.1 Å². The molecule has 1 aromatic carbocycles. The average Bonchev–Trinajstić information content (AvgIpc) is 2.98. The average molecular weight is 320 g/mol. The molecule has 2 heterocycles. The number of halogens is 1. The first-order chi connectivity index (χ1) is 8.78. The summed E-state index contributed by atoms with van der Waals surface area (Å²) in [5.41, 5.74) is 4.90. The molecule has 1 aliphatic carbocycles. The number of hydrogen-bond acceptors (Lipinski definition) is 3. The molecule has 0 N–H and O–H groups in total. The van der Waals surface area contributed by atoms with Crippen molar-refractivity contribution >= 4 is 32.2 Å². The molecule has 0 bridgehead atoms. The van der Waals surface area contributed by atoms with Gasteiger partial charge in [0.25, 0.3) is 0 Å². The van der Waals surface area contributed by atoms with Crippen molar-refractivity contribution in [3.8, 4) is 11.3 Å². The highest BCUT2D eigenvalue weighted by molar-refractivity contribution is 9.10. The number of aryl methyl sites for hydroxylation is 1. The number of hydrogen-bond donors (Lipinski definition) is 0. The Morgan fingerprint density at radius 1 is 1.44 bits per heavy atom. The van der Waals surface area contributed by atoms with Gasteiger partial charge in [0, 0.05) is 16.5 Å². The third-order valence-electron chi connectivity index (χ3n) is 3.36. The molecule has 0 saturated heterocycles. The van der Waals surface area contributed by atoms with Crippen LogP contribution in [0.25, 0.3) is 16.2 Å². The van der Waals surface area contributed by atoms with Crippen LogP contribution in [0, 0.1) is 0 Å². The monoisotopic (exact) mass is 319 g/mol. The van der Waals surface area contributed by atoms with E-state index in [-0.39, 0.29) is 0 Å². The molecule has 1 aliphatic rings. The Bertz CT molecular complexity index is 772. The zero-order chi connectivity index (χ0) is 12.3. The molecule has 18 heavy (non-hydrogen) atoms. The fourth-order valence-corrected chi connectivity index (χ4v) is 3.83. The molecule has 0 saturated carbocycles. The SMILES string of the molecule is CCc1nn2c3c(nc2s1)-c1cccc(Br)c1C3. The van der Waals surface area contributed by atoms with Crippen LogP contribution in [-0.2, 0) is 12.8 Å². The molecule has 0 radical (unpaired) electrons. The van der Waals surface area contributed by atoms with E-state index in [9.17, 15) is 0 Å². The smallest absolute Gasteiger partial charge is 0.212 e. The first kappa shape index (κ1) is 10.7. The molecular weight excluding hydrogens is 310 g/mol. The lowest BCUT2D eigenvalue weighted by molar-refractivity contribution is 0.866. The van der Waals surface area contributed by atoms with E-state index in [0.29, 0.717) is 0 Å². The first-order valence-corrected chi connectivity index (χ1v) is 7.54. The van der Waals surface area contributed by atoms with Gasteiger partial charge in [0.05, 0.1) is 11.4 Å². The maximum Gasteiger partial charge on any atom is 0.212 e. The van der Waals surface area contributed by atoms with Crippen molar-refractivity contribution in [1.82, 2.24) is 14.6 Å². The molecule has 0 spiro atoms. The van der Waals surface area contributed by atoms with Crippen molar-refractivity contribution in [2.45, 2.75) is 19.8 Å². The zero-order valence-corrected chi connectivity index (χ0v) is 12.2. The summed E-state index contributed by atoms with van der Waals surface area (Å²) in [7, 11) is 0. The van der Waals surface area contributed by atoms with E-state index in [0.717, 1.165) is 33.0 Å². The quantitative estimate of drug-likeness (QED) is 0.535. The minimum atomic E-state index is 0.917. The Kier molecular flexibility index (Phi) is 2.17. The van der Waals surface area contributed by atoms with Gasteiger partial charge in [-0.1, -0.05) is 46.3 Å². The van der Waals surface area contributed by atoms with E-state index in [2.05, 4.69) is 46.2 Å². The maximum atomic E-state index is 4.74. The van der Waals surface area contributed by atoms with Crippen LogP contribution in [0.2, 0.25) is 0 Å². The fraction of sp³-hybridized carbons (Fsp3) is 0.231. The fourth-order valence-electron chi connectivity index (χ4n) is 2.47. The van der Waals surface area contributed by atoms with Gasteiger partial charge in [-0.2, -0.15) is 5.10 Å². The number of benzene rings is 1. The standard InChI is InChI=1S/C13H10BrN3S/c1-2-11-16-17-10-6-8-7(4-3-5-9(8)14)12(10)15-13(17)18-11/h3-5H,2,6H2,1H3. The molecule has 0 fully saturated rings. The predicted octanol–water partition coefficient (Wildman–Crippen LogP) is 3.69. The van der Waals surface area contributed by atoms with Gasteiger partial charge in [-0.3, -0.25) is 0 Å². The summed E-state index contributed by atoms with van der Waals surface area (Å²) in [5.74, 6) is 0. The van der Waals surface area contributed by atoms with Crippen LogP contribution in [0.3, 0.4) is 0 Å². The third kappa shape index (κ3) is 1.29. The second kappa shape index (κ2) is 3.65. The first-order valence-electron chi connectivity index (χ1n) is 5.93. The molecule has 4 rings (SSSR count). The Labute approximate surface area is 117 Å². The van der Waals surface area contributed by atoms with Crippen LogP contribution < -0.4 is 0 Å². The van der Waals surface area contributed by atoms with Crippen LogP contribution in [0.5, 0.6) is 0 Å². The Morgan fingerprint density at radius 3 is 3.17 bits per heavy atom. The molecule has 0 unspecified atom stereocenters. The summed E-state index contributed by atoms with van der Waals surface area (Å²) in [4.78, 5) is 5.76. The molecule has 3 nitrogen and oxygen atoms in total. The van der Waals surface area contributed by atoms with Crippen LogP contribution in [-0.4, -0.2) is 14.6 Å². The molecule has 0 amide bonds. The van der Waals surface area contributed by atoms with Crippen LogP contribution in [0.4, 0.5) is 0 Å². The van der Waals surface area contributed by atoms with E-state index in [1.807, 2.05) is 4.52 Å². The lowest BCUT2D eigenvalue weighted by Gasteiger charge is -2.00. The van der Waals surface area contributed by atoms with Gasteiger partial charge in [0.1, 0.15) is 5.01 Å². The second-order valence-corrected chi connectivity index (χ2v) is 6.29. The van der Waals surface area contributed by atoms with E-state index in [4.69, 9.17) is 4.98 Å². The largest absolute Gasteiger partial charge is 0.217 e. The van der Waals surface area contributed by atoms with E-state index in [1.165, 1.54) is 16.8 Å². The number of aromatic nitrogens is 3. The minimum absolute atomic E-state index is 0.917. The molecule has 0 aliphatic heterocycles. The Hall–Kier alpha value is -1.20. The summed E-state index contributed by atoms with van der Waals surface area (Å²) in [6.45, 7) is 2.13. The molecule has 90 valence electrons. The molecular formula is C13H10BrN3S. The van der Waals surface area contributed by atoms with Gasteiger partial charge >= 0.3 is 0 Å². The van der Waals surface area contributed by atoms with Crippen molar-refractivity contribution in [2.24, 2.45) is 0 Å². The van der Waals surface area contributed by atoms with Gasteiger partial charge < -0.3 is 0 Å². The summed E-state index contributed by atoms with van der Waals surface area (Å²) < 4.78 is 3.18. The number of nitrogens with zero attached hydrogens (tertiary/aromatic N) is 3. The number of fused-ring (bicyclic) bond motifs is 5. The predicted molar refractivity (Wildman–Crippen MR) is 76.2 cm³/mol. The molecule has 2 aromatic heterocycles. The summed E-state index contributed by atoms with van der Waals surface area (Å²) in [5, 5.41) is 5.78. The van der Waals surface area contributed by atoms with Gasteiger partial charge in [-0.15, -0.1) is 0 Å². The van der Waals surface area contributed by atoms with Gasteiger partial charge in [0.2, 0.25) is 4.96 Å². The molecule has 0 atom stereocenters. The molecule has 3 aromatic rings. The summed E-state index contributed by atoms with van der Waals surface area (Å²) in [6, 6.07) is 6.30.